The Morgan fingerprint density at radius 2 is 1.95 bits per heavy atom. The quantitative estimate of drug-likeness (QED) is 0.645. The molecular weight excluding hydrogens is 236 g/mol. The number of carbonyl (C=O) groups excluding carboxylic acids is 1. The molecule has 2 rings (SSSR count). The Bertz CT molecular complexity index is 474. The third-order valence-corrected chi connectivity index (χ3v) is 3.96. The molecule has 19 heavy (non-hydrogen) atoms. The second-order valence-corrected chi connectivity index (χ2v) is 5.34. The highest BCUT2D eigenvalue weighted by Gasteiger charge is 2.20. The summed E-state index contributed by atoms with van der Waals surface area (Å²) in [5, 5.41) is 0. The molecule has 0 bridgehead atoms. The van der Waals surface area contributed by atoms with Gasteiger partial charge < -0.3 is 9.80 Å². The molecule has 3 heteroatoms. The summed E-state index contributed by atoms with van der Waals surface area (Å²) in [7, 11) is 0. The topological polar surface area (TPSA) is 24.8 Å². The maximum absolute atomic E-state index is 11.0. The van der Waals surface area contributed by atoms with E-state index >= 15 is 0 Å². The van der Waals surface area contributed by atoms with Gasteiger partial charge in [0.25, 0.3) is 0 Å². The van der Waals surface area contributed by atoms with Crippen molar-refractivity contribution in [3.05, 3.63) is 41.5 Å². The summed E-state index contributed by atoms with van der Waals surface area (Å²) in [5.41, 5.74) is 4.34. The van der Waals surface area contributed by atoms with E-state index < -0.39 is 0 Å². The van der Waals surface area contributed by atoms with Crippen LogP contribution in [0.2, 0.25) is 0 Å². The number of aryl methyl sites for hydroxylation is 2. The van der Waals surface area contributed by atoms with Crippen LogP contribution in [0.3, 0.4) is 0 Å². The third-order valence-electron chi connectivity index (χ3n) is 3.96. The molecule has 1 aliphatic rings. The largest absolute Gasteiger partial charge is 0.360 e. The first-order chi connectivity index (χ1) is 9.15. The average Bonchev–Trinajstić information content (AvgIpc) is 2.42. The molecule has 0 amide bonds. The number of rotatable bonds is 4. The van der Waals surface area contributed by atoms with Gasteiger partial charge in [-0.3, -0.25) is 4.79 Å². The van der Waals surface area contributed by atoms with E-state index in [9.17, 15) is 4.79 Å². The fraction of sp³-hybridized carbons (Fsp3) is 0.438. The summed E-state index contributed by atoms with van der Waals surface area (Å²) in [6.07, 6.45) is 2.94. The standard InChI is InChI=1S/C16H22N2O/c1-4-5-17-6-8-18(9-7-17)16-11-13(2)15(12-19)10-14(16)3/h4,10-12H,1,5-9H2,2-3H3/p+1. The van der Waals surface area contributed by atoms with Crippen molar-refractivity contribution in [2.45, 2.75) is 13.8 Å². The van der Waals surface area contributed by atoms with E-state index in [-0.39, 0.29) is 0 Å². The van der Waals surface area contributed by atoms with Crippen molar-refractivity contribution in [1.29, 1.82) is 0 Å². The first-order valence-corrected chi connectivity index (χ1v) is 6.91. The number of hydrogen-bond donors (Lipinski definition) is 1. The summed E-state index contributed by atoms with van der Waals surface area (Å²) in [4.78, 5) is 15.0. The van der Waals surface area contributed by atoms with Crippen LogP contribution < -0.4 is 9.80 Å². The predicted molar refractivity (Wildman–Crippen MR) is 79.3 cm³/mol. The summed E-state index contributed by atoms with van der Waals surface area (Å²) < 4.78 is 0. The Hall–Kier alpha value is -1.61. The van der Waals surface area contributed by atoms with Gasteiger partial charge in [0, 0.05) is 11.3 Å². The first-order valence-electron chi connectivity index (χ1n) is 6.91. The van der Waals surface area contributed by atoms with Gasteiger partial charge in [-0.05, 0) is 43.2 Å². The van der Waals surface area contributed by atoms with Gasteiger partial charge in [0.1, 0.15) is 6.29 Å². The van der Waals surface area contributed by atoms with Crippen molar-refractivity contribution < 1.29 is 9.69 Å². The highest BCUT2D eigenvalue weighted by Crippen LogP contribution is 2.23. The molecule has 3 nitrogen and oxygen atoms in total. The van der Waals surface area contributed by atoms with Gasteiger partial charge in [0.15, 0.2) is 0 Å². The van der Waals surface area contributed by atoms with Crippen molar-refractivity contribution >= 4 is 12.0 Å². The van der Waals surface area contributed by atoms with Crippen molar-refractivity contribution in [3.63, 3.8) is 0 Å². The van der Waals surface area contributed by atoms with Crippen molar-refractivity contribution in [1.82, 2.24) is 0 Å². The highest BCUT2D eigenvalue weighted by molar-refractivity contribution is 5.79. The van der Waals surface area contributed by atoms with Crippen LogP contribution in [-0.2, 0) is 0 Å². The molecule has 0 spiro atoms. The predicted octanol–water partition coefficient (Wildman–Crippen LogP) is 1.01. The van der Waals surface area contributed by atoms with Gasteiger partial charge >= 0.3 is 0 Å². The molecule has 0 aliphatic carbocycles. The van der Waals surface area contributed by atoms with Gasteiger partial charge in [-0.25, -0.2) is 0 Å². The van der Waals surface area contributed by atoms with Gasteiger partial charge in [0.05, 0.1) is 32.7 Å². The van der Waals surface area contributed by atoms with Crippen LogP contribution in [0, 0.1) is 13.8 Å². The third kappa shape index (κ3) is 3.04. The highest BCUT2D eigenvalue weighted by atomic mass is 16.1. The second kappa shape index (κ2) is 6.02. The minimum atomic E-state index is 0.803. The van der Waals surface area contributed by atoms with Crippen LogP contribution in [0.15, 0.2) is 24.8 Å². The Morgan fingerprint density at radius 1 is 1.26 bits per heavy atom. The van der Waals surface area contributed by atoms with E-state index in [2.05, 4.69) is 24.5 Å². The normalized spacial score (nSPS) is 16.4. The van der Waals surface area contributed by atoms with E-state index in [4.69, 9.17) is 0 Å². The number of nitrogens with zero attached hydrogens (tertiary/aromatic N) is 1. The maximum Gasteiger partial charge on any atom is 0.150 e. The summed E-state index contributed by atoms with van der Waals surface area (Å²) >= 11 is 0. The van der Waals surface area contributed by atoms with Crippen molar-refractivity contribution in [2.24, 2.45) is 0 Å². The molecule has 1 aliphatic heterocycles. The van der Waals surface area contributed by atoms with Gasteiger partial charge in [-0.15, -0.1) is 0 Å². The van der Waals surface area contributed by atoms with Crippen molar-refractivity contribution in [2.75, 3.05) is 37.6 Å². The van der Waals surface area contributed by atoms with Crippen LogP contribution in [0.5, 0.6) is 0 Å². The summed E-state index contributed by atoms with van der Waals surface area (Å²) in [6, 6.07) is 4.15. The van der Waals surface area contributed by atoms with Gasteiger partial charge in [0.2, 0.25) is 0 Å². The average molecular weight is 259 g/mol. The number of anilines is 1. The van der Waals surface area contributed by atoms with Crippen LogP contribution in [-0.4, -0.2) is 39.0 Å². The number of aldehydes is 1. The van der Waals surface area contributed by atoms with E-state index in [0.717, 1.165) is 50.1 Å². The fourth-order valence-electron chi connectivity index (χ4n) is 2.76. The maximum atomic E-state index is 11.0. The molecule has 0 radical (unpaired) electrons. The molecule has 0 atom stereocenters. The van der Waals surface area contributed by atoms with Crippen LogP contribution in [0.4, 0.5) is 5.69 Å². The minimum absolute atomic E-state index is 0.803. The Labute approximate surface area is 115 Å². The molecule has 1 saturated heterocycles. The lowest BCUT2D eigenvalue weighted by molar-refractivity contribution is -0.894. The Morgan fingerprint density at radius 3 is 2.53 bits per heavy atom. The second-order valence-electron chi connectivity index (χ2n) is 5.34. The van der Waals surface area contributed by atoms with E-state index in [0.29, 0.717) is 0 Å². The Balaban J connectivity index is 2.13. The lowest BCUT2D eigenvalue weighted by Gasteiger charge is -2.34. The summed E-state index contributed by atoms with van der Waals surface area (Å²) in [6.45, 7) is 13.4. The smallest absolute Gasteiger partial charge is 0.150 e. The van der Waals surface area contributed by atoms with Crippen LogP contribution in [0.25, 0.3) is 0 Å². The molecule has 1 N–H and O–H groups in total. The number of hydrogen-bond acceptors (Lipinski definition) is 2. The zero-order chi connectivity index (χ0) is 13.8. The zero-order valence-corrected chi connectivity index (χ0v) is 11.9. The molecule has 1 fully saturated rings. The number of piperazine rings is 1. The SMILES string of the molecule is C=CC[NH+]1CCN(c2cc(C)c(C=O)cc2C)CC1. The lowest BCUT2D eigenvalue weighted by Crippen LogP contribution is -3.14. The Kier molecular flexibility index (Phi) is 4.38. The number of nitrogens with one attached hydrogen (secondary N) is 1. The molecule has 0 saturated carbocycles. The molecule has 102 valence electrons. The molecule has 0 aromatic heterocycles. The first kappa shape index (κ1) is 13.8. The molecule has 1 heterocycles. The van der Waals surface area contributed by atoms with E-state index in [1.54, 1.807) is 4.90 Å². The van der Waals surface area contributed by atoms with Gasteiger partial charge in [-0.1, -0.05) is 6.58 Å². The monoisotopic (exact) mass is 259 g/mol. The minimum Gasteiger partial charge on any atom is -0.360 e. The zero-order valence-electron chi connectivity index (χ0n) is 11.9. The molecule has 1 aromatic rings. The number of benzene rings is 1. The van der Waals surface area contributed by atoms with Crippen LogP contribution in [0.1, 0.15) is 21.5 Å². The molecule has 0 unspecified atom stereocenters. The number of quaternary nitrogens is 1. The number of carbonyl (C=O) groups is 1. The molecular formula is C16H23N2O+. The van der Waals surface area contributed by atoms with E-state index in [1.165, 1.54) is 11.3 Å². The van der Waals surface area contributed by atoms with E-state index in [1.807, 2.05) is 19.1 Å². The van der Waals surface area contributed by atoms with Crippen LogP contribution >= 0.6 is 0 Å². The van der Waals surface area contributed by atoms with Crippen molar-refractivity contribution in [3.8, 4) is 0 Å². The summed E-state index contributed by atoms with van der Waals surface area (Å²) in [5.74, 6) is 0. The fourth-order valence-corrected chi connectivity index (χ4v) is 2.76. The lowest BCUT2D eigenvalue weighted by atomic mass is 10.0. The molecule has 1 aromatic carbocycles. The van der Waals surface area contributed by atoms with Gasteiger partial charge in [-0.2, -0.15) is 0 Å².